The summed E-state index contributed by atoms with van der Waals surface area (Å²) in [6.07, 6.45) is 1.22. The van der Waals surface area contributed by atoms with Gasteiger partial charge < -0.3 is 16.0 Å². The van der Waals surface area contributed by atoms with Crippen LogP contribution in [0.15, 0.2) is 48.8 Å². The van der Waals surface area contributed by atoms with Crippen molar-refractivity contribution in [1.29, 1.82) is 0 Å². The lowest BCUT2D eigenvalue weighted by molar-refractivity contribution is -0.114. The number of hydrogen-bond donors (Lipinski definition) is 3. The van der Waals surface area contributed by atoms with Gasteiger partial charge in [-0.1, -0.05) is 6.07 Å². The highest BCUT2D eigenvalue weighted by molar-refractivity contribution is 5.89. The quantitative estimate of drug-likeness (QED) is 0.580. The fraction of sp³-hybridized carbons (Fsp3) is 0.0556. The molecule has 2 aromatic carbocycles. The molecule has 9 heteroatoms. The Kier molecular flexibility index (Phi) is 5.20. The van der Waals surface area contributed by atoms with Gasteiger partial charge in [-0.25, -0.2) is 23.1 Å². The molecule has 1 heterocycles. The first-order valence-electron chi connectivity index (χ1n) is 7.79. The molecule has 0 spiro atoms. The second-order valence-electron chi connectivity index (χ2n) is 5.52. The Hall–Kier alpha value is -3.62. The van der Waals surface area contributed by atoms with Crippen molar-refractivity contribution in [3.63, 3.8) is 0 Å². The molecule has 1 aromatic heterocycles. The average molecular weight is 373 g/mol. The minimum absolute atomic E-state index is 0.176. The number of aromatic nitrogens is 2. The summed E-state index contributed by atoms with van der Waals surface area (Å²) in [6, 6.07) is 10.3. The van der Waals surface area contributed by atoms with Crippen LogP contribution in [0.4, 0.5) is 41.9 Å². The van der Waals surface area contributed by atoms with Crippen LogP contribution < -0.4 is 16.0 Å². The largest absolute Gasteiger partial charge is 0.340 e. The predicted molar refractivity (Wildman–Crippen MR) is 95.7 cm³/mol. The Morgan fingerprint density at radius 3 is 2.33 bits per heavy atom. The second kappa shape index (κ2) is 7.73. The fourth-order valence-corrected chi connectivity index (χ4v) is 2.28. The number of rotatable bonds is 5. The van der Waals surface area contributed by atoms with E-state index in [1.54, 1.807) is 24.3 Å². The van der Waals surface area contributed by atoms with Crippen molar-refractivity contribution >= 4 is 34.6 Å². The summed E-state index contributed by atoms with van der Waals surface area (Å²) >= 11 is 0. The van der Waals surface area contributed by atoms with Crippen LogP contribution in [0.3, 0.4) is 0 Å². The SMILES string of the molecule is CC(=O)Nc1cccc(Nc2cc(Nc3ccc(F)c(F)c3F)ncn2)c1. The first-order valence-corrected chi connectivity index (χ1v) is 7.79. The Labute approximate surface area is 152 Å². The number of nitrogens with one attached hydrogen (secondary N) is 3. The molecule has 3 N–H and O–H groups in total. The summed E-state index contributed by atoms with van der Waals surface area (Å²) < 4.78 is 40.1. The van der Waals surface area contributed by atoms with E-state index in [9.17, 15) is 18.0 Å². The monoisotopic (exact) mass is 373 g/mol. The highest BCUT2D eigenvalue weighted by Gasteiger charge is 2.14. The molecule has 3 rings (SSSR count). The van der Waals surface area contributed by atoms with Crippen LogP contribution in [0.25, 0.3) is 0 Å². The van der Waals surface area contributed by atoms with Gasteiger partial charge in [-0.3, -0.25) is 4.79 Å². The van der Waals surface area contributed by atoms with E-state index in [-0.39, 0.29) is 17.4 Å². The van der Waals surface area contributed by atoms with Crippen molar-refractivity contribution in [2.24, 2.45) is 0 Å². The molecule has 0 aliphatic carbocycles. The van der Waals surface area contributed by atoms with Crippen LogP contribution in [0.5, 0.6) is 0 Å². The van der Waals surface area contributed by atoms with E-state index in [2.05, 4.69) is 25.9 Å². The molecule has 27 heavy (non-hydrogen) atoms. The summed E-state index contributed by atoms with van der Waals surface area (Å²) in [5.41, 5.74) is 0.986. The number of carbonyl (C=O) groups is 1. The molecule has 0 aliphatic rings. The third-order valence-corrected chi connectivity index (χ3v) is 3.42. The van der Waals surface area contributed by atoms with Crippen molar-refractivity contribution in [2.75, 3.05) is 16.0 Å². The molecule has 1 amide bonds. The van der Waals surface area contributed by atoms with E-state index < -0.39 is 17.5 Å². The third-order valence-electron chi connectivity index (χ3n) is 3.42. The topological polar surface area (TPSA) is 78.9 Å². The number of amides is 1. The standard InChI is InChI=1S/C18H14F3N5O/c1-10(27)24-11-3-2-4-12(7-11)25-15-8-16(23-9-22-15)26-14-6-5-13(19)17(20)18(14)21/h2-9H,1H3,(H,24,27)(H2,22,23,25,26). The van der Waals surface area contributed by atoms with Gasteiger partial charge in [-0.2, -0.15) is 0 Å². The highest BCUT2D eigenvalue weighted by Crippen LogP contribution is 2.24. The zero-order valence-electron chi connectivity index (χ0n) is 14.1. The molecule has 0 atom stereocenters. The normalized spacial score (nSPS) is 10.4. The maximum absolute atomic E-state index is 13.8. The predicted octanol–water partition coefficient (Wildman–Crippen LogP) is 4.34. The minimum atomic E-state index is -1.57. The number of nitrogens with zero attached hydrogens (tertiary/aromatic N) is 2. The Morgan fingerprint density at radius 2 is 1.59 bits per heavy atom. The van der Waals surface area contributed by atoms with Crippen LogP contribution in [0.2, 0.25) is 0 Å². The highest BCUT2D eigenvalue weighted by atomic mass is 19.2. The zero-order chi connectivity index (χ0) is 19.4. The van der Waals surface area contributed by atoms with Gasteiger partial charge in [0.25, 0.3) is 0 Å². The lowest BCUT2D eigenvalue weighted by atomic mass is 10.2. The van der Waals surface area contributed by atoms with Crippen molar-refractivity contribution in [3.05, 3.63) is 66.2 Å². The van der Waals surface area contributed by atoms with Gasteiger partial charge in [0.15, 0.2) is 17.5 Å². The zero-order valence-corrected chi connectivity index (χ0v) is 14.1. The van der Waals surface area contributed by atoms with Gasteiger partial charge in [0.05, 0.1) is 5.69 Å². The van der Waals surface area contributed by atoms with Gasteiger partial charge >= 0.3 is 0 Å². The second-order valence-corrected chi connectivity index (χ2v) is 5.52. The van der Waals surface area contributed by atoms with Crippen molar-refractivity contribution in [2.45, 2.75) is 6.92 Å². The fourth-order valence-electron chi connectivity index (χ4n) is 2.28. The summed E-state index contributed by atoms with van der Waals surface area (Å²) in [6.45, 7) is 1.40. The third kappa shape index (κ3) is 4.51. The van der Waals surface area contributed by atoms with Crippen LogP contribution in [-0.4, -0.2) is 15.9 Å². The van der Waals surface area contributed by atoms with Crippen LogP contribution in [0.1, 0.15) is 6.92 Å². The van der Waals surface area contributed by atoms with Crippen LogP contribution >= 0.6 is 0 Å². The molecule has 0 saturated heterocycles. The smallest absolute Gasteiger partial charge is 0.221 e. The number of halogens is 3. The maximum Gasteiger partial charge on any atom is 0.221 e. The Bertz CT molecular complexity index is 996. The summed E-state index contributed by atoms with van der Waals surface area (Å²) in [5.74, 6) is -3.84. The molecule has 0 fully saturated rings. The molecule has 3 aromatic rings. The number of anilines is 5. The van der Waals surface area contributed by atoms with Crippen molar-refractivity contribution in [1.82, 2.24) is 9.97 Å². The van der Waals surface area contributed by atoms with Gasteiger partial charge in [0.1, 0.15) is 18.0 Å². The van der Waals surface area contributed by atoms with E-state index in [0.717, 1.165) is 12.1 Å². The van der Waals surface area contributed by atoms with Crippen molar-refractivity contribution in [3.8, 4) is 0 Å². The molecule has 0 bridgehead atoms. The minimum Gasteiger partial charge on any atom is -0.340 e. The molecular weight excluding hydrogens is 359 g/mol. The number of carbonyl (C=O) groups excluding carboxylic acids is 1. The van der Waals surface area contributed by atoms with Gasteiger partial charge in [-0.05, 0) is 30.3 Å². The first kappa shape index (κ1) is 18.2. The number of benzene rings is 2. The first-order chi connectivity index (χ1) is 12.9. The van der Waals surface area contributed by atoms with E-state index in [0.29, 0.717) is 17.2 Å². The average Bonchev–Trinajstić information content (AvgIpc) is 2.62. The molecule has 6 nitrogen and oxygen atoms in total. The van der Waals surface area contributed by atoms with Crippen LogP contribution in [-0.2, 0) is 4.79 Å². The summed E-state index contributed by atoms with van der Waals surface area (Å²) in [4.78, 5) is 19.1. The molecule has 0 aliphatic heterocycles. The van der Waals surface area contributed by atoms with Crippen LogP contribution in [0, 0.1) is 17.5 Å². The number of hydrogen-bond acceptors (Lipinski definition) is 5. The van der Waals surface area contributed by atoms with Gasteiger partial charge in [0.2, 0.25) is 5.91 Å². The van der Waals surface area contributed by atoms with E-state index in [1.807, 2.05) is 0 Å². The Morgan fingerprint density at radius 1 is 0.889 bits per heavy atom. The maximum atomic E-state index is 13.8. The molecule has 138 valence electrons. The summed E-state index contributed by atoms with van der Waals surface area (Å²) in [7, 11) is 0. The van der Waals surface area contributed by atoms with E-state index >= 15 is 0 Å². The molecular formula is C18H14F3N5O. The molecule has 0 saturated carbocycles. The lowest BCUT2D eigenvalue weighted by Crippen LogP contribution is -2.06. The Balaban J connectivity index is 1.78. The lowest BCUT2D eigenvalue weighted by Gasteiger charge is -2.11. The van der Waals surface area contributed by atoms with Gasteiger partial charge in [-0.15, -0.1) is 0 Å². The summed E-state index contributed by atoms with van der Waals surface area (Å²) in [5, 5.41) is 8.24. The van der Waals surface area contributed by atoms with E-state index in [4.69, 9.17) is 0 Å². The van der Waals surface area contributed by atoms with Crippen molar-refractivity contribution < 1.29 is 18.0 Å². The molecule has 0 unspecified atom stereocenters. The van der Waals surface area contributed by atoms with Gasteiger partial charge in [0, 0.05) is 24.4 Å². The van der Waals surface area contributed by atoms with E-state index in [1.165, 1.54) is 19.3 Å². The molecule has 0 radical (unpaired) electrons.